The number of rotatable bonds is 17. The smallest absolute Gasteiger partial charge is 0.407 e. The molecule has 0 aromatic heterocycles. The summed E-state index contributed by atoms with van der Waals surface area (Å²) in [6.07, 6.45) is 16.0. The number of unbranched alkanes of at least 4 members (excludes halogenated alkanes) is 3. The van der Waals surface area contributed by atoms with Gasteiger partial charge in [0.1, 0.15) is 5.78 Å². The van der Waals surface area contributed by atoms with Gasteiger partial charge in [0, 0.05) is 24.5 Å². The van der Waals surface area contributed by atoms with Gasteiger partial charge in [-0.2, -0.15) is 0 Å². The van der Waals surface area contributed by atoms with Crippen LogP contribution in [-0.2, 0) is 9.53 Å². The SMILES string of the molecule is CCCCC=CC1C(=O)C1[C@H](O)[C@H](CCCC)NC[C@@H](CC(C)C)NC(=O)OCC1CCCCC1. The van der Waals surface area contributed by atoms with E-state index in [9.17, 15) is 14.7 Å². The minimum absolute atomic E-state index is 0.0789. The van der Waals surface area contributed by atoms with Gasteiger partial charge in [-0.15, -0.1) is 0 Å². The van der Waals surface area contributed by atoms with E-state index in [2.05, 4.69) is 44.4 Å². The van der Waals surface area contributed by atoms with Crippen molar-refractivity contribution in [3.05, 3.63) is 12.2 Å². The number of ketones is 1. The van der Waals surface area contributed by atoms with Crippen LogP contribution in [0.2, 0.25) is 0 Å². The second-order valence-electron chi connectivity index (χ2n) is 11.2. The topological polar surface area (TPSA) is 87.7 Å². The van der Waals surface area contributed by atoms with Gasteiger partial charge in [-0.1, -0.05) is 84.8 Å². The largest absolute Gasteiger partial charge is 0.449 e. The zero-order valence-electron chi connectivity index (χ0n) is 22.8. The number of carbonyl (C=O) groups excluding carboxylic acids is 2. The molecule has 0 saturated heterocycles. The van der Waals surface area contributed by atoms with Gasteiger partial charge < -0.3 is 20.5 Å². The van der Waals surface area contributed by atoms with E-state index in [1.807, 2.05) is 6.08 Å². The van der Waals surface area contributed by atoms with Crippen LogP contribution in [0.25, 0.3) is 0 Å². The summed E-state index contributed by atoms with van der Waals surface area (Å²) in [6, 6.07) is -0.238. The minimum atomic E-state index is -0.701. The highest BCUT2D eigenvalue weighted by molar-refractivity contribution is 6.01. The summed E-state index contributed by atoms with van der Waals surface area (Å²) in [5, 5.41) is 17.7. The molecule has 2 unspecified atom stereocenters. The number of carbonyl (C=O) groups is 2. The molecule has 2 saturated carbocycles. The molecular weight excluding hydrogens is 440 g/mol. The first-order valence-electron chi connectivity index (χ1n) is 14.4. The molecule has 2 aliphatic carbocycles. The van der Waals surface area contributed by atoms with Crippen molar-refractivity contribution in [2.24, 2.45) is 23.7 Å². The predicted octanol–water partition coefficient (Wildman–Crippen LogP) is 5.78. The quantitative estimate of drug-likeness (QED) is 0.177. The molecule has 5 atom stereocenters. The lowest BCUT2D eigenvalue weighted by molar-refractivity contribution is -0.112. The van der Waals surface area contributed by atoms with Gasteiger partial charge in [-0.05, 0) is 43.9 Å². The summed E-state index contributed by atoms with van der Waals surface area (Å²) in [4.78, 5) is 24.9. The second-order valence-corrected chi connectivity index (χ2v) is 11.2. The first-order valence-corrected chi connectivity index (χ1v) is 14.4. The third-order valence-electron chi connectivity index (χ3n) is 7.53. The second kappa shape index (κ2) is 16.4. The number of ether oxygens (including phenoxy) is 1. The number of Topliss-reactive ketones (excluding diaryl/α,β-unsaturated/α-hetero) is 1. The van der Waals surface area contributed by atoms with Crippen LogP contribution >= 0.6 is 0 Å². The molecule has 1 amide bonds. The van der Waals surface area contributed by atoms with E-state index in [1.54, 1.807) is 0 Å². The molecule has 3 N–H and O–H groups in total. The Labute approximate surface area is 214 Å². The van der Waals surface area contributed by atoms with Gasteiger partial charge in [0.05, 0.1) is 18.6 Å². The summed E-state index contributed by atoms with van der Waals surface area (Å²) in [5.41, 5.74) is 0. The highest BCUT2D eigenvalue weighted by Gasteiger charge is 2.53. The van der Waals surface area contributed by atoms with Crippen LogP contribution in [0, 0.1) is 23.7 Å². The van der Waals surface area contributed by atoms with Crippen molar-refractivity contribution >= 4 is 11.9 Å². The van der Waals surface area contributed by atoms with Gasteiger partial charge in [0.25, 0.3) is 0 Å². The molecule has 0 bridgehead atoms. The van der Waals surface area contributed by atoms with Crippen molar-refractivity contribution in [1.29, 1.82) is 0 Å². The van der Waals surface area contributed by atoms with Crippen LogP contribution in [0.3, 0.4) is 0 Å². The fourth-order valence-electron chi connectivity index (χ4n) is 5.32. The normalized spacial score (nSPS) is 23.4. The third-order valence-corrected chi connectivity index (χ3v) is 7.53. The number of nitrogens with one attached hydrogen (secondary N) is 2. The van der Waals surface area contributed by atoms with Crippen LogP contribution in [0.15, 0.2) is 12.2 Å². The molecule has 6 nitrogen and oxygen atoms in total. The van der Waals surface area contributed by atoms with Crippen LogP contribution in [-0.4, -0.2) is 48.3 Å². The first-order chi connectivity index (χ1) is 16.9. The van der Waals surface area contributed by atoms with Crippen LogP contribution in [0.1, 0.15) is 105 Å². The van der Waals surface area contributed by atoms with Crippen LogP contribution < -0.4 is 10.6 Å². The molecule has 0 aromatic carbocycles. The van der Waals surface area contributed by atoms with Crippen molar-refractivity contribution in [3.63, 3.8) is 0 Å². The zero-order chi connectivity index (χ0) is 25.6. The molecule has 2 fully saturated rings. The van der Waals surface area contributed by atoms with Crippen molar-refractivity contribution in [2.45, 2.75) is 123 Å². The molecule has 0 radical (unpaired) electrons. The number of aliphatic hydroxyl groups is 1. The summed E-state index contributed by atoms with van der Waals surface area (Å²) in [5.74, 6) is 0.606. The van der Waals surface area contributed by atoms with Crippen molar-refractivity contribution in [1.82, 2.24) is 10.6 Å². The lowest BCUT2D eigenvalue weighted by Gasteiger charge is -2.28. The van der Waals surface area contributed by atoms with E-state index >= 15 is 0 Å². The Morgan fingerprint density at radius 2 is 1.86 bits per heavy atom. The number of hydrogen-bond donors (Lipinski definition) is 3. The van der Waals surface area contributed by atoms with Crippen LogP contribution in [0.5, 0.6) is 0 Å². The lowest BCUT2D eigenvalue weighted by atomic mass is 9.90. The lowest BCUT2D eigenvalue weighted by Crippen LogP contribution is -2.49. The molecule has 2 rings (SSSR count). The van der Waals surface area contributed by atoms with E-state index in [-0.39, 0.29) is 35.8 Å². The van der Waals surface area contributed by atoms with E-state index < -0.39 is 6.10 Å². The number of amides is 1. The molecule has 0 aromatic rings. The van der Waals surface area contributed by atoms with E-state index in [4.69, 9.17) is 4.74 Å². The number of allylic oxidation sites excluding steroid dienone is 2. The van der Waals surface area contributed by atoms with Gasteiger partial charge in [0.2, 0.25) is 0 Å². The molecule has 35 heavy (non-hydrogen) atoms. The summed E-state index contributed by atoms with van der Waals surface area (Å²) >= 11 is 0. The Hall–Kier alpha value is -1.40. The zero-order valence-corrected chi connectivity index (χ0v) is 22.8. The van der Waals surface area contributed by atoms with Crippen molar-refractivity contribution in [2.75, 3.05) is 13.2 Å². The van der Waals surface area contributed by atoms with Gasteiger partial charge in [0.15, 0.2) is 0 Å². The summed E-state index contributed by atoms with van der Waals surface area (Å²) < 4.78 is 5.56. The highest BCUT2D eigenvalue weighted by Crippen LogP contribution is 2.39. The maximum atomic E-state index is 12.5. The highest BCUT2D eigenvalue weighted by atomic mass is 16.5. The molecule has 0 heterocycles. The van der Waals surface area contributed by atoms with Crippen LogP contribution in [0.4, 0.5) is 4.79 Å². The van der Waals surface area contributed by atoms with Gasteiger partial charge in [-0.25, -0.2) is 4.79 Å². The number of alkyl carbamates (subject to hydrolysis) is 1. The number of aliphatic hydroxyl groups excluding tert-OH is 1. The van der Waals surface area contributed by atoms with Crippen molar-refractivity contribution < 1.29 is 19.4 Å². The molecule has 0 aliphatic heterocycles. The fourth-order valence-corrected chi connectivity index (χ4v) is 5.32. The Morgan fingerprint density at radius 3 is 2.51 bits per heavy atom. The van der Waals surface area contributed by atoms with E-state index in [1.165, 1.54) is 19.3 Å². The molecule has 2 aliphatic rings. The Bertz CT molecular complexity index is 645. The summed E-state index contributed by atoms with van der Waals surface area (Å²) in [6.45, 7) is 9.64. The maximum Gasteiger partial charge on any atom is 0.407 e. The summed E-state index contributed by atoms with van der Waals surface area (Å²) in [7, 11) is 0. The third kappa shape index (κ3) is 11.0. The van der Waals surface area contributed by atoms with Gasteiger partial charge in [-0.3, -0.25) is 4.79 Å². The number of hydrogen-bond acceptors (Lipinski definition) is 5. The Morgan fingerprint density at radius 1 is 1.14 bits per heavy atom. The predicted molar refractivity (Wildman–Crippen MR) is 142 cm³/mol. The van der Waals surface area contributed by atoms with Gasteiger partial charge >= 0.3 is 6.09 Å². The Kier molecular flexibility index (Phi) is 13.9. The monoisotopic (exact) mass is 492 g/mol. The van der Waals surface area contributed by atoms with Crippen molar-refractivity contribution in [3.8, 4) is 0 Å². The molecule has 0 spiro atoms. The standard InChI is InChI=1S/C29H52N2O4/c1-5-7-9-13-16-24-26(27(24)32)28(33)25(17-8-6-2)30-19-23(18-21(3)4)31-29(34)35-20-22-14-11-10-12-15-22/h13,16,21-26,28,30,33H,5-12,14-15,17-20H2,1-4H3,(H,31,34)/t23-,24?,25+,26?,28-/m1/s1. The minimum Gasteiger partial charge on any atom is -0.449 e. The average Bonchev–Trinajstić information content (AvgIpc) is 3.49. The molecule has 6 heteroatoms. The Balaban J connectivity index is 1.88. The van der Waals surface area contributed by atoms with E-state index in [0.29, 0.717) is 25.0 Å². The average molecular weight is 493 g/mol. The first kappa shape index (κ1) is 29.8. The fraction of sp³-hybridized carbons (Fsp3) is 0.862. The maximum absolute atomic E-state index is 12.5. The van der Waals surface area contributed by atoms with E-state index in [0.717, 1.165) is 57.8 Å². The molecular formula is C29H52N2O4. The molecule has 202 valence electrons.